The van der Waals surface area contributed by atoms with Crippen molar-refractivity contribution in [3.63, 3.8) is 0 Å². The number of carbonyl (C=O) groups excluding carboxylic acids is 1. The lowest BCUT2D eigenvalue weighted by Crippen LogP contribution is -2.43. The molecule has 0 bridgehead atoms. The van der Waals surface area contributed by atoms with E-state index in [-0.39, 0.29) is 11.9 Å². The number of morpholine rings is 1. The largest absolute Gasteiger partial charge is 0.490 e. The van der Waals surface area contributed by atoms with Gasteiger partial charge in [0, 0.05) is 19.5 Å². The van der Waals surface area contributed by atoms with Gasteiger partial charge in [0.2, 0.25) is 5.78 Å². The van der Waals surface area contributed by atoms with Gasteiger partial charge in [-0.3, -0.25) is 4.79 Å². The highest BCUT2D eigenvalue weighted by Crippen LogP contribution is 2.13. The third kappa shape index (κ3) is 1.89. The maximum Gasteiger partial charge on any atom is 0.226 e. The lowest BCUT2D eigenvalue weighted by molar-refractivity contribution is -0.131. The van der Waals surface area contributed by atoms with Gasteiger partial charge in [-0.15, -0.1) is 0 Å². The van der Waals surface area contributed by atoms with E-state index in [1.807, 2.05) is 6.08 Å². The van der Waals surface area contributed by atoms with E-state index in [0.717, 1.165) is 13.0 Å². The molecule has 0 aromatic heterocycles. The van der Waals surface area contributed by atoms with Crippen molar-refractivity contribution in [3.8, 4) is 0 Å². The molecule has 0 radical (unpaired) electrons. The third-order valence-electron chi connectivity index (χ3n) is 2.17. The Kier molecular flexibility index (Phi) is 2.61. The van der Waals surface area contributed by atoms with Crippen molar-refractivity contribution in [2.45, 2.75) is 12.5 Å². The number of Topliss-reactive ketones (excluding diaryl/α,β-unsaturated/α-hetero) is 1. The van der Waals surface area contributed by atoms with E-state index in [0.29, 0.717) is 25.5 Å². The minimum atomic E-state index is -0.349. The molecule has 0 amide bonds. The van der Waals surface area contributed by atoms with E-state index in [1.54, 1.807) is 0 Å². The van der Waals surface area contributed by atoms with Crippen LogP contribution in [0, 0.1) is 0 Å². The van der Waals surface area contributed by atoms with E-state index < -0.39 is 0 Å². The van der Waals surface area contributed by atoms with Gasteiger partial charge in [0.25, 0.3) is 0 Å². The molecule has 2 heterocycles. The summed E-state index contributed by atoms with van der Waals surface area (Å²) in [6, 6.07) is 0. The van der Waals surface area contributed by atoms with Gasteiger partial charge in [-0.2, -0.15) is 0 Å². The molecule has 72 valence electrons. The summed E-state index contributed by atoms with van der Waals surface area (Å²) in [6.07, 6.45) is 2.32. The van der Waals surface area contributed by atoms with E-state index in [1.165, 1.54) is 0 Å². The summed E-state index contributed by atoms with van der Waals surface area (Å²) in [6.45, 7) is 2.65. The summed E-state index contributed by atoms with van der Waals surface area (Å²) in [5.74, 6) is 0.457. The van der Waals surface area contributed by atoms with Crippen LogP contribution >= 0.6 is 0 Å². The van der Waals surface area contributed by atoms with Crippen molar-refractivity contribution >= 4 is 5.78 Å². The Morgan fingerprint density at radius 3 is 3.08 bits per heavy atom. The zero-order valence-electron chi connectivity index (χ0n) is 7.41. The van der Waals surface area contributed by atoms with Crippen LogP contribution < -0.4 is 5.32 Å². The van der Waals surface area contributed by atoms with Gasteiger partial charge in [-0.1, -0.05) is 0 Å². The highest BCUT2D eigenvalue weighted by molar-refractivity contribution is 5.97. The molecule has 1 N–H and O–H groups in total. The van der Waals surface area contributed by atoms with Crippen molar-refractivity contribution in [1.29, 1.82) is 0 Å². The summed E-state index contributed by atoms with van der Waals surface area (Å²) >= 11 is 0. The normalized spacial score (nSPS) is 28.0. The third-order valence-corrected chi connectivity index (χ3v) is 2.17. The predicted octanol–water partition coefficient (Wildman–Crippen LogP) is -0.152. The molecule has 4 nitrogen and oxygen atoms in total. The second kappa shape index (κ2) is 3.89. The summed E-state index contributed by atoms with van der Waals surface area (Å²) in [5, 5.41) is 3.11. The quantitative estimate of drug-likeness (QED) is 0.646. The fraction of sp³-hybridized carbons (Fsp3) is 0.667. The van der Waals surface area contributed by atoms with Crippen LogP contribution in [0.3, 0.4) is 0 Å². The molecular weight excluding hydrogens is 170 g/mol. The van der Waals surface area contributed by atoms with Gasteiger partial charge in [-0.05, 0) is 6.08 Å². The van der Waals surface area contributed by atoms with Gasteiger partial charge >= 0.3 is 0 Å². The minimum Gasteiger partial charge on any atom is -0.490 e. The molecule has 2 aliphatic heterocycles. The topological polar surface area (TPSA) is 47.6 Å². The Labute approximate surface area is 76.9 Å². The second-order valence-corrected chi connectivity index (χ2v) is 3.13. The van der Waals surface area contributed by atoms with Crippen LogP contribution in [-0.2, 0) is 14.3 Å². The molecule has 0 aromatic carbocycles. The highest BCUT2D eigenvalue weighted by Gasteiger charge is 2.27. The molecule has 2 rings (SSSR count). The summed E-state index contributed by atoms with van der Waals surface area (Å²) in [4.78, 5) is 11.6. The van der Waals surface area contributed by atoms with Crippen LogP contribution in [0.5, 0.6) is 0 Å². The molecule has 1 atom stereocenters. The first-order valence-electron chi connectivity index (χ1n) is 4.57. The molecule has 1 fully saturated rings. The average molecular weight is 183 g/mol. The Hall–Kier alpha value is -0.870. The smallest absolute Gasteiger partial charge is 0.226 e. The molecular formula is C9H13NO3. The first-order valence-corrected chi connectivity index (χ1v) is 4.57. The zero-order valence-corrected chi connectivity index (χ0v) is 7.41. The van der Waals surface area contributed by atoms with Gasteiger partial charge < -0.3 is 14.8 Å². The fourth-order valence-corrected chi connectivity index (χ4v) is 1.48. The molecule has 0 aromatic rings. The van der Waals surface area contributed by atoms with E-state index >= 15 is 0 Å². The highest BCUT2D eigenvalue weighted by atomic mass is 16.5. The number of carbonyl (C=O) groups is 1. The molecule has 0 spiro atoms. The Morgan fingerprint density at radius 1 is 1.54 bits per heavy atom. The summed E-state index contributed by atoms with van der Waals surface area (Å²) in [5.41, 5.74) is 0. The van der Waals surface area contributed by atoms with E-state index in [4.69, 9.17) is 9.47 Å². The van der Waals surface area contributed by atoms with Crippen molar-refractivity contribution in [2.24, 2.45) is 0 Å². The Morgan fingerprint density at radius 2 is 2.46 bits per heavy atom. The SMILES string of the molecule is O=C(C1=CCCO1)C1CNCCO1. The van der Waals surface area contributed by atoms with Gasteiger partial charge in [0.1, 0.15) is 6.10 Å². The van der Waals surface area contributed by atoms with Gasteiger partial charge in [0.15, 0.2) is 5.76 Å². The number of hydrogen-bond acceptors (Lipinski definition) is 4. The number of ether oxygens (including phenoxy) is 2. The monoisotopic (exact) mass is 183 g/mol. The Bertz CT molecular complexity index is 231. The predicted molar refractivity (Wildman–Crippen MR) is 46.3 cm³/mol. The van der Waals surface area contributed by atoms with Crippen molar-refractivity contribution in [3.05, 3.63) is 11.8 Å². The van der Waals surface area contributed by atoms with Gasteiger partial charge in [0.05, 0.1) is 13.2 Å². The van der Waals surface area contributed by atoms with Crippen LogP contribution in [0.1, 0.15) is 6.42 Å². The number of ketones is 1. The standard InChI is InChI=1S/C9H13NO3/c11-9(7-2-1-4-12-7)8-6-10-3-5-13-8/h2,8,10H,1,3-6H2. The molecule has 1 saturated heterocycles. The van der Waals surface area contributed by atoms with Crippen molar-refractivity contribution in [1.82, 2.24) is 5.32 Å². The first-order chi connectivity index (χ1) is 6.38. The van der Waals surface area contributed by atoms with Crippen LogP contribution in [0.2, 0.25) is 0 Å². The maximum atomic E-state index is 11.6. The van der Waals surface area contributed by atoms with Crippen LogP contribution in [-0.4, -0.2) is 38.2 Å². The van der Waals surface area contributed by atoms with Crippen molar-refractivity contribution < 1.29 is 14.3 Å². The molecule has 13 heavy (non-hydrogen) atoms. The second-order valence-electron chi connectivity index (χ2n) is 3.13. The molecule has 1 unspecified atom stereocenters. The van der Waals surface area contributed by atoms with Crippen LogP contribution in [0.15, 0.2) is 11.8 Å². The average Bonchev–Trinajstić information content (AvgIpc) is 2.71. The number of hydrogen-bond donors (Lipinski definition) is 1. The fourth-order valence-electron chi connectivity index (χ4n) is 1.48. The Balaban J connectivity index is 1.94. The van der Waals surface area contributed by atoms with Crippen molar-refractivity contribution in [2.75, 3.05) is 26.3 Å². The molecule has 2 aliphatic rings. The zero-order chi connectivity index (χ0) is 9.10. The lowest BCUT2D eigenvalue weighted by atomic mass is 10.1. The lowest BCUT2D eigenvalue weighted by Gasteiger charge is -2.22. The molecule has 0 aliphatic carbocycles. The van der Waals surface area contributed by atoms with E-state index in [2.05, 4.69) is 5.32 Å². The summed E-state index contributed by atoms with van der Waals surface area (Å²) < 4.78 is 10.5. The summed E-state index contributed by atoms with van der Waals surface area (Å²) in [7, 11) is 0. The molecule has 4 heteroatoms. The minimum absolute atomic E-state index is 0.0234. The van der Waals surface area contributed by atoms with E-state index in [9.17, 15) is 4.79 Å². The first kappa shape index (κ1) is 8.72. The number of nitrogens with one attached hydrogen (secondary N) is 1. The molecule has 0 saturated carbocycles. The maximum absolute atomic E-state index is 11.6. The van der Waals surface area contributed by atoms with Crippen LogP contribution in [0.4, 0.5) is 0 Å². The number of rotatable bonds is 2. The van der Waals surface area contributed by atoms with Crippen LogP contribution in [0.25, 0.3) is 0 Å². The van der Waals surface area contributed by atoms with Gasteiger partial charge in [-0.25, -0.2) is 0 Å².